The van der Waals surface area contributed by atoms with Gasteiger partial charge in [0.1, 0.15) is 11.8 Å². The molecule has 0 saturated carbocycles. The molecule has 2 saturated heterocycles. The number of carbonyl (C=O) groups is 2. The Hall–Kier alpha value is -2.08. The molecule has 1 aromatic rings. The van der Waals surface area contributed by atoms with Crippen molar-refractivity contribution in [3.8, 4) is 5.75 Å². The molecule has 2 heterocycles. The van der Waals surface area contributed by atoms with E-state index in [1.54, 1.807) is 18.9 Å². The summed E-state index contributed by atoms with van der Waals surface area (Å²) in [7, 11) is 1.67. The maximum atomic E-state index is 13.0. The molecule has 0 radical (unpaired) electrons. The summed E-state index contributed by atoms with van der Waals surface area (Å²) >= 11 is 0. The lowest BCUT2D eigenvalue weighted by atomic mass is 10.0. The molecule has 0 N–H and O–H groups in total. The highest BCUT2D eigenvalue weighted by molar-refractivity contribution is 5.86. The van der Waals surface area contributed by atoms with Crippen molar-refractivity contribution in [3.05, 3.63) is 29.8 Å². The predicted molar refractivity (Wildman–Crippen MR) is 103 cm³/mol. The van der Waals surface area contributed by atoms with E-state index in [0.717, 1.165) is 38.0 Å². The van der Waals surface area contributed by atoms with E-state index in [-0.39, 0.29) is 17.9 Å². The van der Waals surface area contributed by atoms with Crippen molar-refractivity contribution in [1.82, 2.24) is 9.80 Å². The lowest BCUT2D eigenvalue weighted by Crippen LogP contribution is -2.51. The normalized spacial score (nSPS) is 23.3. The van der Waals surface area contributed by atoms with Gasteiger partial charge in [-0.15, -0.1) is 0 Å². The maximum Gasteiger partial charge on any atom is 0.328 e. The van der Waals surface area contributed by atoms with Gasteiger partial charge in [0.05, 0.1) is 20.3 Å². The first-order valence-corrected chi connectivity index (χ1v) is 9.98. The van der Waals surface area contributed by atoms with Crippen LogP contribution in [0.3, 0.4) is 0 Å². The summed E-state index contributed by atoms with van der Waals surface area (Å²) in [5.41, 5.74) is 1.18. The fraction of sp³-hybridized carbons (Fsp3) is 0.619. The Kier molecular flexibility index (Phi) is 6.72. The number of methoxy groups -OCH3 is 1. The fourth-order valence-electron chi connectivity index (χ4n) is 4.22. The molecule has 2 aliphatic rings. The zero-order chi connectivity index (χ0) is 19.2. The van der Waals surface area contributed by atoms with E-state index in [1.165, 1.54) is 5.56 Å². The van der Waals surface area contributed by atoms with Gasteiger partial charge in [0.25, 0.3) is 0 Å². The number of carbonyl (C=O) groups excluding carboxylic acids is 2. The predicted octanol–water partition coefficient (Wildman–Crippen LogP) is 2.78. The molecule has 0 aromatic heterocycles. The third-order valence-corrected chi connectivity index (χ3v) is 5.56. The largest absolute Gasteiger partial charge is 0.497 e. The van der Waals surface area contributed by atoms with Crippen LogP contribution in [0.4, 0.5) is 0 Å². The molecular formula is C21H30N2O4. The topological polar surface area (TPSA) is 59.1 Å². The van der Waals surface area contributed by atoms with E-state index < -0.39 is 6.04 Å². The van der Waals surface area contributed by atoms with Crippen molar-refractivity contribution >= 4 is 11.9 Å². The molecule has 0 aliphatic carbocycles. The Morgan fingerprint density at radius 2 is 2.00 bits per heavy atom. The Morgan fingerprint density at radius 3 is 2.78 bits per heavy atom. The van der Waals surface area contributed by atoms with Crippen LogP contribution in [-0.2, 0) is 14.3 Å². The molecule has 1 amide bonds. The summed E-state index contributed by atoms with van der Waals surface area (Å²) in [6, 6.07) is 7.87. The van der Waals surface area contributed by atoms with E-state index in [0.29, 0.717) is 26.1 Å². The number of amides is 1. The van der Waals surface area contributed by atoms with Crippen LogP contribution in [0.25, 0.3) is 0 Å². The lowest BCUT2D eigenvalue weighted by molar-refractivity contribution is -0.157. The van der Waals surface area contributed by atoms with Crippen molar-refractivity contribution in [1.29, 1.82) is 0 Å². The van der Waals surface area contributed by atoms with E-state index >= 15 is 0 Å². The molecule has 148 valence electrons. The second-order valence-electron chi connectivity index (χ2n) is 7.26. The van der Waals surface area contributed by atoms with E-state index in [2.05, 4.69) is 17.0 Å². The van der Waals surface area contributed by atoms with Crippen molar-refractivity contribution in [3.63, 3.8) is 0 Å². The van der Waals surface area contributed by atoms with E-state index in [4.69, 9.17) is 9.47 Å². The number of hydrogen-bond donors (Lipinski definition) is 0. The van der Waals surface area contributed by atoms with Crippen LogP contribution in [0.15, 0.2) is 24.3 Å². The van der Waals surface area contributed by atoms with Crippen LogP contribution in [0.1, 0.15) is 50.6 Å². The molecule has 0 bridgehead atoms. The maximum absolute atomic E-state index is 13.0. The second kappa shape index (κ2) is 9.22. The number of esters is 1. The Balaban J connectivity index is 1.68. The van der Waals surface area contributed by atoms with Crippen molar-refractivity contribution in [2.24, 2.45) is 0 Å². The molecule has 0 spiro atoms. The van der Waals surface area contributed by atoms with Gasteiger partial charge in [-0.1, -0.05) is 12.1 Å². The van der Waals surface area contributed by atoms with Crippen LogP contribution in [-0.4, -0.2) is 61.1 Å². The second-order valence-corrected chi connectivity index (χ2v) is 7.26. The molecule has 1 aromatic carbocycles. The number of likely N-dealkylation sites (tertiary alicyclic amines) is 2. The molecule has 6 nitrogen and oxygen atoms in total. The van der Waals surface area contributed by atoms with E-state index in [9.17, 15) is 9.59 Å². The minimum absolute atomic E-state index is 0.0301. The average Bonchev–Trinajstić information content (AvgIpc) is 3.16. The number of ether oxygens (including phenoxy) is 2. The van der Waals surface area contributed by atoms with Gasteiger partial charge >= 0.3 is 5.97 Å². The number of rotatable bonds is 6. The quantitative estimate of drug-likeness (QED) is 0.717. The van der Waals surface area contributed by atoms with Crippen molar-refractivity contribution in [2.75, 3.05) is 33.4 Å². The molecule has 2 aliphatic heterocycles. The van der Waals surface area contributed by atoms with Crippen LogP contribution < -0.4 is 4.74 Å². The first-order valence-electron chi connectivity index (χ1n) is 9.98. The molecule has 2 atom stereocenters. The van der Waals surface area contributed by atoms with Gasteiger partial charge in [-0.2, -0.15) is 0 Å². The number of hydrogen-bond acceptors (Lipinski definition) is 5. The third-order valence-electron chi connectivity index (χ3n) is 5.56. The minimum atomic E-state index is -0.427. The van der Waals surface area contributed by atoms with Crippen LogP contribution in [0, 0.1) is 0 Å². The van der Waals surface area contributed by atoms with Gasteiger partial charge in [0.2, 0.25) is 5.91 Å². The van der Waals surface area contributed by atoms with Crippen LogP contribution in [0.2, 0.25) is 0 Å². The van der Waals surface area contributed by atoms with Gasteiger partial charge < -0.3 is 14.4 Å². The first kappa shape index (κ1) is 19.7. The summed E-state index contributed by atoms with van der Waals surface area (Å²) in [6.45, 7) is 4.03. The van der Waals surface area contributed by atoms with Crippen LogP contribution in [0.5, 0.6) is 5.75 Å². The molecule has 0 unspecified atom stereocenters. The average molecular weight is 374 g/mol. The van der Waals surface area contributed by atoms with Gasteiger partial charge in [-0.25, -0.2) is 4.79 Å². The van der Waals surface area contributed by atoms with Gasteiger partial charge in [0.15, 0.2) is 0 Å². The first-order chi connectivity index (χ1) is 13.1. The van der Waals surface area contributed by atoms with Crippen molar-refractivity contribution in [2.45, 2.75) is 51.1 Å². The Morgan fingerprint density at radius 1 is 1.15 bits per heavy atom. The standard InChI is InChI=1S/C21H30N2O4/c1-3-27-21(25)19-10-4-5-13-23(19)20(24)15-22-12-7-11-18(22)16-8-6-9-17(14-16)26-2/h6,8-9,14,18-19H,3-5,7,10-13,15H2,1-2H3/t18-,19+/m1/s1. The summed E-state index contributed by atoms with van der Waals surface area (Å²) in [5, 5.41) is 0. The number of piperidine rings is 1. The van der Waals surface area contributed by atoms with Gasteiger partial charge in [0, 0.05) is 12.6 Å². The highest BCUT2D eigenvalue weighted by Crippen LogP contribution is 2.33. The SMILES string of the molecule is CCOC(=O)[C@@H]1CCCCN1C(=O)CN1CCC[C@@H]1c1cccc(OC)c1. The molecule has 3 rings (SSSR count). The molecule has 27 heavy (non-hydrogen) atoms. The smallest absolute Gasteiger partial charge is 0.328 e. The molecular weight excluding hydrogens is 344 g/mol. The summed E-state index contributed by atoms with van der Waals surface area (Å²) in [6.07, 6.45) is 4.70. The molecule has 6 heteroatoms. The van der Waals surface area contributed by atoms with Gasteiger partial charge in [-0.05, 0) is 63.3 Å². The van der Waals surface area contributed by atoms with Crippen LogP contribution >= 0.6 is 0 Å². The summed E-state index contributed by atoms with van der Waals surface area (Å²) in [5.74, 6) is 0.600. The number of benzene rings is 1. The molecule has 2 fully saturated rings. The fourth-order valence-corrected chi connectivity index (χ4v) is 4.22. The zero-order valence-corrected chi connectivity index (χ0v) is 16.4. The minimum Gasteiger partial charge on any atom is -0.497 e. The summed E-state index contributed by atoms with van der Waals surface area (Å²) < 4.78 is 10.5. The summed E-state index contributed by atoms with van der Waals surface area (Å²) in [4.78, 5) is 29.3. The van der Waals surface area contributed by atoms with E-state index in [1.807, 2.05) is 12.1 Å². The number of nitrogens with zero attached hydrogens (tertiary/aromatic N) is 2. The highest BCUT2D eigenvalue weighted by Gasteiger charge is 2.35. The monoisotopic (exact) mass is 374 g/mol. The third kappa shape index (κ3) is 4.61. The lowest BCUT2D eigenvalue weighted by Gasteiger charge is -2.36. The Labute approximate surface area is 161 Å². The highest BCUT2D eigenvalue weighted by atomic mass is 16.5. The Bertz CT molecular complexity index is 663. The van der Waals surface area contributed by atoms with Gasteiger partial charge in [-0.3, -0.25) is 9.69 Å². The van der Waals surface area contributed by atoms with Crippen molar-refractivity contribution < 1.29 is 19.1 Å². The zero-order valence-electron chi connectivity index (χ0n) is 16.4.